The van der Waals surface area contributed by atoms with Gasteiger partial charge in [0.2, 0.25) is 0 Å². The molecule has 0 unspecified atom stereocenters. The number of hydrogen-bond donors (Lipinski definition) is 3. The van der Waals surface area contributed by atoms with Crippen LogP contribution in [0, 0.1) is 11.2 Å². The van der Waals surface area contributed by atoms with E-state index in [1.54, 1.807) is 24.3 Å². The van der Waals surface area contributed by atoms with E-state index >= 15 is 0 Å². The van der Waals surface area contributed by atoms with Crippen LogP contribution in [-0.4, -0.2) is 18.8 Å². The average molecular weight is 319 g/mol. The molecule has 23 heavy (non-hydrogen) atoms. The minimum absolute atomic E-state index is 0.0307. The second-order valence-electron chi connectivity index (χ2n) is 6.42. The molecule has 0 bridgehead atoms. The summed E-state index contributed by atoms with van der Waals surface area (Å²) >= 11 is 0. The van der Waals surface area contributed by atoms with Gasteiger partial charge < -0.3 is 15.3 Å². The van der Waals surface area contributed by atoms with Crippen molar-refractivity contribution >= 4 is 5.69 Å². The van der Waals surface area contributed by atoms with E-state index in [-0.39, 0.29) is 17.8 Å². The molecular formula is C17H22FN3O2. The van der Waals surface area contributed by atoms with E-state index in [0.29, 0.717) is 17.1 Å². The lowest BCUT2D eigenvalue weighted by Crippen LogP contribution is -2.39. The topological polar surface area (TPSA) is 56.8 Å². The zero-order valence-electron chi connectivity index (χ0n) is 13.6. The number of allylic oxidation sites excluding steroid dienone is 2. The quantitative estimate of drug-likeness (QED) is 0.796. The first kappa shape index (κ1) is 15.8. The summed E-state index contributed by atoms with van der Waals surface area (Å²) in [6.07, 6.45) is 4.16. The molecule has 1 aliphatic carbocycles. The number of nitrogens with zero attached hydrogens (tertiary/aromatic N) is 1. The highest BCUT2D eigenvalue weighted by Crippen LogP contribution is 2.45. The molecule has 6 heteroatoms. The number of rotatable bonds is 4. The van der Waals surface area contributed by atoms with Crippen LogP contribution in [0.25, 0.3) is 0 Å². The number of nitrogens with one attached hydrogen (secondary N) is 2. The number of ether oxygens (including phenoxy) is 1. The van der Waals surface area contributed by atoms with Crippen molar-refractivity contribution in [1.82, 2.24) is 11.0 Å². The van der Waals surface area contributed by atoms with Gasteiger partial charge in [0, 0.05) is 6.07 Å². The predicted octanol–water partition coefficient (Wildman–Crippen LogP) is 2.61. The number of benzene rings is 1. The van der Waals surface area contributed by atoms with Crippen molar-refractivity contribution < 1.29 is 14.2 Å². The highest BCUT2D eigenvalue weighted by atomic mass is 19.1. The van der Waals surface area contributed by atoms with Crippen molar-refractivity contribution in [3.63, 3.8) is 0 Å². The molecule has 0 saturated heterocycles. The number of aliphatic hydroxyl groups is 1. The van der Waals surface area contributed by atoms with E-state index in [9.17, 15) is 9.50 Å². The first-order valence-electron chi connectivity index (χ1n) is 7.68. The molecule has 0 fully saturated rings. The Morgan fingerprint density at radius 3 is 2.78 bits per heavy atom. The Hall–Kier alpha value is -2.05. The van der Waals surface area contributed by atoms with Gasteiger partial charge in [-0.1, -0.05) is 19.9 Å². The van der Waals surface area contributed by atoms with Crippen LogP contribution in [0.2, 0.25) is 0 Å². The Balaban J connectivity index is 2.08. The zero-order valence-corrected chi connectivity index (χ0v) is 13.6. The Morgan fingerprint density at radius 2 is 2.17 bits per heavy atom. The molecule has 3 N–H and O–H groups in total. The van der Waals surface area contributed by atoms with Gasteiger partial charge in [0.25, 0.3) is 0 Å². The van der Waals surface area contributed by atoms with Gasteiger partial charge in [0.05, 0.1) is 30.8 Å². The summed E-state index contributed by atoms with van der Waals surface area (Å²) < 4.78 is 19.6. The number of halogens is 1. The van der Waals surface area contributed by atoms with Crippen molar-refractivity contribution in [3.8, 4) is 5.75 Å². The first-order chi connectivity index (χ1) is 11.0. The summed E-state index contributed by atoms with van der Waals surface area (Å²) in [5.74, 6) is 0.202. The molecule has 2 aliphatic rings. The molecule has 1 aromatic carbocycles. The van der Waals surface area contributed by atoms with Gasteiger partial charge in [-0.25, -0.2) is 4.39 Å². The van der Waals surface area contributed by atoms with Crippen LogP contribution in [0.15, 0.2) is 41.2 Å². The summed E-state index contributed by atoms with van der Waals surface area (Å²) in [4.78, 5) is 0. The SMILES string of the molecule is COc1ccc(F)c(N2NNC(CO)=C2C2=CCCC2(C)C)c1. The molecule has 0 aromatic heterocycles. The number of methoxy groups -OCH3 is 1. The second kappa shape index (κ2) is 5.86. The maximum atomic E-state index is 14.4. The summed E-state index contributed by atoms with van der Waals surface area (Å²) in [6, 6.07) is 4.59. The van der Waals surface area contributed by atoms with Crippen molar-refractivity contribution in [1.29, 1.82) is 0 Å². The molecule has 3 rings (SSSR count). The summed E-state index contributed by atoms with van der Waals surface area (Å²) in [6.45, 7) is 4.16. The summed E-state index contributed by atoms with van der Waals surface area (Å²) in [7, 11) is 1.55. The van der Waals surface area contributed by atoms with E-state index in [4.69, 9.17) is 4.74 Å². The fraction of sp³-hybridized carbons (Fsp3) is 0.412. The van der Waals surface area contributed by atoms with Crippen LogP contribution in [0.4, 0.5) is 10.1 Å². The normalized spacial score (nSPS) is 19.9. The van der Waals surface area contributed by atoms with Crippen LogP contribution < -0.4 is 20.7 Å². The Bertz CT molecular complexity index is 682. The standard InChI is InChI=1S/C17H22FN3O2/c1-17(2)8-4-5-12(17)16-14(10-22)19-20-21(16)15-9-11(23-3)6-7-13(15)18/h5-7,9,19-20,22H,4,8,10H2,1-3H3. The number of hydrogen-bond acceptors (Lipinski definition) is 5. The number of aliphatic hydroxyl groups excluding tert-OH is 1. The van der Waals surface area contributed by atoms with Gasteiger partial charge in [-0.15, -0.1) is 5.53 Å². The molecule has 0 atom stereocenters. The highest BCUT2D eigenvalue weighted by molar-refractivity contribution is 5.62. The van der Waals surface area contributed by atoms with Gasteiger partial charge in [-0.3, -0.25) is 5.01 Å². The van der Waals surface area contributed by atoms with E-state index in [0.717, 1.165) is 24.1 Å². The highest BCUT2D eigenvalue weighted by Gasteiger charge is 2.37. The summed E-state index contributed by atoms with van der Waals surface area (Å²) in [5, 5.41) is 11.3. The lowest BCUT2D eigenvalue weighted by atomic mass is 9.83. The molecular weight excluding hydrogens is 297 g/mol. The van der Waals surface area contributed by atoms with E-state index < -0.39 is 0 Å². The van der Waals surface area contributed by atoms with Crippen LogP contribution in [0.1, 0.15) is 26.7 Å². The third-order valence-corrected chi connectivity index (χ3v) is 4.48. The second-order valence-corrected chi connectivity index (χ2v) is 6.42. The first-order valence-corrected chi connectivity index (χ1v) is 7.68. The molecule has 1 heterocycles. The molecule has 0 amide bonds. The molecule has 0 radical (unpaired) electrons. The fourth-order valence-electron chi connectivity index (χ4n) is 3.15. The largest absolute Gasteiger partial charge is 0.497 e. The fourth-order valence-corrected chi connectivity index (χ4v) is 3.15. The van der Waals surface area contributed by atoms with Crippen LogP contribution in [0.3, 0.4) is 0 Å². The maximum Gasteiger partial charge on any atom is 0.148 e. The zero-order chi connectivity index (χ0) is 16.6. The molecule has 124 valence electrons. The third kappa shape index (κ3) is 2.68. The molecule has 0 spiro atoms. The number of hydrazine groups is 2. The molecule has 1 aromatic rings. The van der Waals surface area contributed by atoms with Crippen molar-refractivity contribution in [2.45, 2.75) is 26.7 Å². The minimum atomic E-state index is -0.367. The average Bonchev–Trinajstić information content (AvgIpc) is 3.09. The maximum absolute atomic E-state index is 14.4. The Morgan fingerprint density at radius 1 is 1.39 bits per heavy atom. The van der Waals surface area contributed by atoms with Gasteiger partial charge in [0.1, 0.15) is 11.6 Å². The van der Waals surface area contributed by atoms with E-state index in [1.807, 2.05) is 0 Å². The predicted molar refractivity (Wildman–Crippen MR) is 86.9 cm³/mol. The lowest BCUT2D eigenvalue weighted by Gasteiger charge is -2.29. The van der Waals surface area contributed by atoms with Crippen LogP contribution in [0.5, 0.6) is 5.75 Å². The molecule has 5 nitrogen and oxygen atoms in total. The van der Waals surface area contributed by atoms with E-state index in [2.05, 4.69) is 30.9 Å². The van der Waals surface area contributed by atoms with Crippen molar-refractivity contribution in [2.75, 3.05) is 18.7 Å². The van der Waals surface area contributed by atoms with Crippen LogP contribution in [-0.2, 0) is 0 Å². The van der Waals surface area contributed by atoms with Gasteiger partial charge >= 0.3 is 0 Å². The van der Waals surface area contributed by atoms with Crippen molar-refractivity contribution in [3.05, 3.63) is 47.1 Å². The third-order valence-electron chi connectivity index (χ3n) is 4.48. The minimum Gasteiger partial charge on any atom is -0.497 e. The molecule has 0 saturated carbocycles. The number of anilines is 1. The van der Waals surface area contributed by atoms with E-state index in [1.165, 1.54) is 6.07 Å². The smallest absolute Gasteiger partial charge is 0.148 e. The lowest BCUT2D eigenvalue weighted by molar-refractivity contribution is 0.320. The van der Waals surface area contributed by atoms with Crippen LogP contribution >= 0.6 is 0 Å². The Kier molecular flexibility index (Phi) is 4.04. The monoisotopic (exact) mass is 319 g/mol. The van der Waals surface area contributed by atoms with Gasteiger partial charge in [0.15, 0.2) is 0 Å². The van der Waals surface area contributed by atoms with Gasteiger partial charge in [-0.05, 0) is 36.0 Å². The Labute approximate surface area is 135 Å². The molecule has 1 aliphatic heterocycles. The summed E-state index contributed by atoms with van der Waals surface area (Å²) in [5.41, 5.74) is 8.71. The van der Waals surface area contributed by atoms with Gasteiger partial charge in [-0.2, -0.15) is 0 Å². The van der Waals surface area contributed by atoms with Crippen molar-refractivity contribution in [2.24, 2.45) is 5.41 Å².